The fourth-order valence-corrected chi connectivity index (χ4v) is 1.68. The first-order valence-electron chi connectivity index (χ1n) is 4.47. The summed E-state index contributed by atoms with van der Waals surface area (Å²) in [4.78, 5) is 2.03. The van der Waals surface area contributed by atoms with Crippen LogP contribution in [-0.2, 0) is 0 Å². The fourth-order valence-electron chi connectivity index (χ4n) is 1.68. The van der Waals surface area contributed by atoms with Crippen LogP contribution in [0, 0.1) is 11.7 Å². The molecule has 1 aliphatic heterocycles. The smallest absolute Gasteiger partial charge is 0.148 e. The Bertz CT molecular complexity index is 319. The molecule has 1 saturated heterocycles. The lowest BCUT2D eigenvalue weighted by Crippen LogP contribution is -2.45. The third-order valence-corrected chi connectivity index (χ3v) is 2.38. The van der Waals surface area contributed by atoms with E-state index >= 15 is 0 Å². The standard InChI is InChI=1S/C10H13FN2/c1-7-5-13(6-7)10-3-2-8(12)4-9(10)11/h2-4,7H,5-6,12H2,1H3. The zero-order valence-electron chi connectivity index (χ0n) is 7.63. The zero-order valence-corrected chi connectivity index (χ0v) is 7.63. The van der Waals surface area contributed by atoms with E-state index < -0.39 is 0 Å². The quantitative estimate of drug-likeness (QED) is 0.668. The molecule has 2 nitrogen and oxygen atoms in total. The molecule has 0 unspecified atom stereocenters. The van der Waals surface area contributed by atoms with E-state index in [0.717, 1.165) is 13.1 Å². The molecule has 0 aliphatic carbocycles. The molecule has 1 aromatic carbocycles. The topological polar surface area (TPSA) is 29.3 Å². The van der Waals surface area contributed by atoms with Crippen molar-refractivity contribution in [3.8, 4) is 0 Å². The highest BCUT2D eigenvalue weighted by Crippen LogP contribution is 2.27. The van der Waals surface area contributed by atoms with E-state index in [4.69, 9.17) is 5.73 Å². The molecule has 1 heterocycles. The average molecular weight is 180 g/mol. The van der Waals surface area contributed by atoms with Crippen LogP contribution < -0.4 is 10.6 Å². The van der Waals surface area contributed by atoms with Crippen LogP contribution in [0.2, 0.25) is 0 Å². The van der Waals surface area contributed by atoms with Gasteiger partial charge in [-0.1, -0.05) is 6.92 Å². The lowest BCUT2D eigenvalue weighted by atomic mass is 10.0. The SMILES string of the molecule is CC1CN(c2ccc(N)cc2F)C1. The molecule has 1 fully saturated rings. The van der Waals surface area contributed by atoms with Gasteiger partial charge in [0.05, 0.1) is 5.69 Å². The van der Waals surface area contributed by atoms with Gasteiger partial charge in [-0.05, 0) is 24.1 Å². The number of nitrogen functional groups attached to an aromatic ring is 1. The lowest BCUT2D eigenvalue weighted by molar-refractivity contribution is 0.439. The summed E-state index contributed by atoms with van der Waals surface area (Å²) in [5.41, 5.74) is 6.61. The Morgan fingerprint density at radius 1 is 1.46 bits per heavy atom. The van der Waals surface area contributed by atoms with Gasteiger partial charge in [-0.25, -0.2) is 4.39 Å². The van der Waals surface area contributed by atoms with Gasteiger partial charge >= 0.3 is 0 Å². The minimum Gasteiger partial charge on any atom is -0.399 e. The highest BCUT2D eigenvalue weighted by atomic mass is 19.1. The van der Waals surface area contributed by atoms with Crippen molar-refractivity contribution in [2.75, 3.05) is 23.7 Å². The van der Waals surface area contributed by atoms with Gasteiger partial charge < -0.3 is 10.6 Å². The molecule has 13 heavy (non-hydrogen) atoms. The fraction of sp³-hybridized carbons (Fsp3) is 0.400. The third kappa shape index (κ3) is 1.46. The maximum atomic E-state index is 13.3. The second kappa shape index (κ2) is 2.91. The minimum absolute atomic E-state index is 0.216. The number of nitrogens with zero attached hydrogens (tertiary/aromatic N) is 1. The first-order chi connectivity index (χ1) is 6.16. The maximum Gasteiger partial charge on any atom is 0.148 e. The molecule has 0 atom stereocenters. The molecule has 3 heteroatoms. The first-order valence-corrected chi connectivity index (χ1v) is 4.47. The van der Waals surface area contributed by atoms with Crippen LogP contribution in [-0.4, -0.2) is 13.1 Å². The van der Waals surface area contributed by atoms with E-state index in [2.05, 4.69) is 6.92 Å². The van der Waals surface area contributed by atoms with Crippen molar-refractivity contribution in [3.63, 3.8) is 0 Å². The van der Waals surface area contributed by atoms with Gasteiger partial charge in [-0.3, -0.25) is 0 Å². The molecule has 1 aliphatic rings. The van der Waals surface area contributed by atoms with Crippen molar-refractivity contribution in [1.82, 2.24) is 0 Å². The van der Waals surface area contributed by atoms with Gasteiger partial charge in [-0.2, -0.15) is 0 Å². The predicted molar refractivity (Wildman–Crippen MR) is 52.2 cm³/mol. The number of hydrogen-bond donors (Lipinski definition) is 1. The van der Waals surface area contributed by atoms with Crippen LogP contribution in [0.25, 0.3) is 0 Å². The summed E-state index contributed by atoms with van der Waals surface area (Å²) in [6, 6.07) is 4.86. The van der Waals surface area contributed by atoms with E-state index in [1.54, 1.807) is 12.1 Å². The van der Waals surface area contributed by atoms with Gasteiger partial charge in [0.15, 0.2) is 0 Å². The summed E-state index contributed by atoms with van der Waals surface area (Å²) in [6.45, 7) is 4.05. The summed E-state index contributed by atoms with van der Waals surface area (Å²) in [6.07, 6.45) is 0. The van der Waals surface area contributed by atoms with Crippen molar-refractivity contribution in [2.24, 2.45) is 5.92 Å². The summed E-state index contributed by atoms with van der Waals surface area (Å²) in [5, 5.41) is 0. The molecule has 1 aromatic rings. The van der Waals surface area contributed by atoms with Crippen LogP contribution in [0.5, 0.6) is 0 Å². The average Bonchev–Trinajstić information content (AvgIpc) is 2.00. The molecule has 0 saturated carbocycles. The number of benzene rings is 1. The second-order valence-corrected chi connectivity index (χ2v) is 3.72. The van der Waals surface area contributed by atoms with Gasteiger partial charge in [0.25, 0.3) is 0 Å². The van der Waals surface area contributed by atoms with Crippen molar-refractivity contribution < 1.29 is 4.39 Å². The van der Waals surface area contributed by atoms with Crippen molar-refractivity contribution >= 4 is 11.4 Å². The lowest BCUT2D eigenvalue weighted by Gasteiger charge is -2.39. The Kier molecular flexibility index (Phi) is 1.87. The number of rotatable bonds is 1. The first kappa shape index (κ1) is 8.35. The van der Waals surface area contributed by atoms with Crippen LogP contribution in [0.1, 0.15) is 6.92 Å². The molecule has 2 N–H and O–H groups in total. The van der Waals surface area contributed by atoms with Crippen LogP contribution in [0.3, 0.4) is 0 Å². The van der Waals surface area contributed by atoms with Crippen LogP contribution in [0.4, 0.5) is 15.8 Å². The predicted octanol–water partition coefficient (Wildman–Crippen LogP) is 1.86. The molecular weight excluding hydrogens is 167 g/mol. The molecule has 0 amide bonds. The number of hydrogen-bond acceptors (Lipinski definition) is 2. The summed E-state index contributed by atoms with van der Waals surface area (Å²) < 4.78 is 13.3. The Balaban J connectivity index is 2.21. The Morgan fingerprint density at radius 3 is 2.69 bits per heavy atom. The second-order valence-electron chi connectivity index (χ2n) is 3.72. The van der Waals surface area contributed by atoms with E-state index in [1.165, 1.54) is 6.07 Å². The minimum atomic E-state index is -0.216. The molecule has 0 aromatic heterocycles. The monoisotopic (exact) mass is 180 g/mol. The number of anilines is 2. The van der Waals surface area contributed by atoms with Gasteiger partial charge in [0.2, 0.25) is 0 Å². The van der Waals surface area contributed by atoms with Gasteiger partial charge in [-0.15, -0.1) is 0 Å². The highest BCUT2D eigenvalue weighted by Gasteiger charge is 2.24. The Labute approximate surface area is 77.2 Å². The normalized spacial score (nSPS) is 17.2. The van der Waals surface area contributed by atoms with E-state index in [0.29, 0.717) is 17.3 Å². The molecular formula is C10H13FN2. The molecule has 0 bridgehead atoms. The maximum absolute atomic E-state index is 13.3. The van der Waals surface area contributed by atoms with Crippen molar-refractivity contribution in [3.05, 3.63) is 24.0 Å². The van der Waals surface area contributed by atoms with Crippen LogP contribution >= 0.6 is 0 Å². The molecule has 70 valence electrons. The zero-order chi connectivity index (χ0) is 9.42. The molecule has 0 spiro atoms. The summed E-state index contributed by atoms with van der Waals surface area (Å²) in [5.74, 6) is 0.462. The molecule has 2 rings (SSSR count). The highest BCUT2D eigenvalue weighted by molar-refractivity contribution is 5.55. The third-order valence-electron chi connectivity index (χ3n) is 2.38. The van der Waals surface area contributed by atoms with E-state index in [-0.39, 0.29) is 5.82 Å². The van der Waals surface area contributed by atoms with Gasteiger partial charge in [0.1, 0.15) is 5.82 Å². The van der Waals surface area contributed by atoms with Gasteiger partial charge in [0, 0.05) is 18.8 Å². The van der Waals surface area contributed by atoms with E-state index in [1.807, 2.05) is 4.90 Å². The van der Waals surface area contributed by atoms with Crippen molar-refractivity contribution in [1.29, 1.82) is 0 Å². The van der Waals surface area contributed by atoms with E-state index in [9.17, 15) is 4.39 Å². The molecule has 0 radical (unpaired) electrons. The van der Waals surface area contributed by atoms with Crippen LogP contribution in [0.15, 0.2) is 18.2 Å². The number of nitrogens with two attached hydrogens (primary N) is 1. The number of halogens is 1. The Hall–Kier alpha value is -1.25. The summed E-state index contributed by atoms with van der Waals surface area (Å²) >= 11 is 0. The van der Waals surface area contributed by atoms with Crippen molar-refractivity contribution in [2.45, 2.75) is 6.92 Å². The summed E-state index contributed by atoms with van der Waals surface area (Å²) in [7, 11) is 0. The Morgan fingerprint density at radius 2 is 2.15 bits per heavy atom. The largest absolute Gasteiger partial charge is 0.399 e.